The summed E-state index contributed by atoms with van der Waals surface area (Å²) in [6.07, 6.45) is 16.4. The Hall–Kier alpha value is -0.730. The first kappa shape index (κ1) is 19.6. The van der Waals surface area contributed by atoms with Crippen molar-refractivity contribution in [3.8, 4) is 0 Å². The van der Waals surface area contributed by atoms with E-state index in [-0.39, 0.29) is 6.10 Å². The molecule has 0 unspecified atom stereocenters. The van der Waals surface area contributed by atoms with Gasteiger partial charge in [-0.15, -0.1) is 0 Å². The first-order valence-corrected chi connectivity index (χ1v) is 10.6. The highest BCUT2D eigenvalue weighted by Gasteiger charge is 2.31. The van der Waals surface area contributed by atoms with Crippen LogP contribution < -0.4 is 0 Å². The van der Waals surface area contributed by atoms with Crippen LogP contribution in [0.5, 0.6) is 0 Å². The fourth-order valence-corrected chi connectivity index (χ4v) is 4.66. The zero-order valence-electron chi connectivity index (χ0n) is 15.9. The number of carbonyl (C=O) groups excluding carboxylic acids is 1. The van der Waals surface area contributed by atoms with Gasteiger partial charge in [0.2, 0.25) is 0 Å². The first-order valence-electron chi connectivity index (χ1n) is 10.6. The van der Waals surface area contributed by atoms with Crippen LogP contribution in [0.3, 0.4) is 0 Å². The second-order valence-corrected chi connectivity index (χ2v) is 8.03. The Morgan fingerprint density at radius 2 is 1.46 bits per heavy atom. The minimum atomic E-state index is -0.465. The highest BCUT2D eigenvalue weighted by Crippen LogP contribution is 2.41. The van der Waals surface area contributed by atoms with Crippen LogP contribution in [0.1, 0.15) is 97.3 Å². The molecule has 3 nitrogen and oxygen atoms in total. The molecule has 2 saturated carbocycles. The Kier molecular flexibility index (Phi) is 8.98. The normalized spacial score (nSPS) is 30.8. The molecule has 0 radical (unpaired) electrons. The lowest BCUT2D eigenvalue weighted by molar-refractivity contribution is -0.000376. The zero-order valence-corrected chi connectivity index (χ0v) is 15.9. The maximum atomic E-state index is 11.6. The van der Waals surface area contributed by atoms with Gasteiger partial charge in [0.15, 0.2) is 0 Å². The summed E-state index contributed by atoms with van der Waals surface area (Å²) < 4.78 is 10.5. The number of ether oxygens (including phenoxy) is 2. The van der Waals surface area contributed by atoms with Gasteiger partial charge in [0, 0.05) is 0 Å². The third kappa shape index (κ3) is 6.64. The Bertz CT molecular complexity index is 339. The molecule has 0 aliphatic heterocycles. The predicted molar refractivity (Wildman–Crippen MR) is 98.1 cm³/mol. The molecule has 2 rings (SSSR count). The molecule has 2 aliphatic rings. The average molecular weight is 339 g/mol. The third-order valence-corrected chi connectivity index (χ3v) is 6.18. The van der Waals surface area contributed by atoms with E-state index in [2.05, 4.69) is 6.92 Å². The van der Waals surface area contributed by atoms with Crippen LogP contribution in [-0.4, -0.2) is 18.9 Å². The molecule has 2 fully saturated rings. The molecule has 140 valence electrons. The van der Waals surface area contributed by atoms with Gasteiger partial charge in [0.05, 0.1) is 6.61 Å². The first-order chi connectivity index (χ1) is 11.7. The molecule has 24 heavy (non-hydrogen) atoms. The van der Waals surface area contributed by atoms with Crippen molar-refractivity contribution in [1.29, 1.82) is 0 Å². The van der Waals surface area contributed by atoms with Crippen LogP contribution in [-0.2, 0) is 9.47 Å². The van der Waals surface area contributed by atoms with Crippen LogP contribution >= 0.6 is 0 Å². The molecule has 0 spiro atoms. The molecular formula is C21H38O3. The maximum absolute atomic E-state index is 11.6. The van der Waals surface area contributed by atoms with Gasteiger partial charge in [0.1, 0.15) is 6.10 Å². The standard InChI is InChI=1S/C21H38O3/c1-3-5-6-7-17-8-10-18(11-9-17)19-12-14-20(15-13-19)24-21(22)23-16-4-2/h17-20H,3-16H2,1-2H3/t17-,18-,19-,20-. The lowest BCUT2D eigenvalue weighted by Crippen LogP contribution is -2.30. The van der Waals surface area contributed by atoms with Crippen LogP contribution in [0.4, 0.5) is 4.79 Å². The minimum absolute atomic E-state index is 0.0935. The molecule has 0 N–H and O–H groups in total. The zero-order chi connectivity index (χ0) is 17.2. The monoisotopic (exact) mass is 338 g/mol. The molecule has 0 aromatic rings. The smallest absolute Gasteiger partial charge is 0.434 e. The molecule has 0 aromatic carbocycles. The second-order valence-electron chi connectivity index (χ2n) is 8.03. The summed E-state index contributed by atoms with van der Waals surface area (Å²) in [5, 5.41) is 0. The summed E-state index contributed by atoms with van der Waals surface area (Å²) in [6.45, 7) is 4.76. The van der Waals surface area contributed by atoms with E-state index in [0.717, 1.165) is 37.0 Å². The fourth-order valence-electron chi connectivity index (χ4n) is 4.66. The second kappa shape index (κ2) is 11.0. The summed E-state index contributed by atoms with van der Waals surface area (Å²) in [5.41, 5.74) is 0. The van der Waals surface area contributed by atoms with Crippen molar-refractivity contribution in [3.63, 3.8) is 0 Å². The van der Waals surface area contributed by atoms with E-state index in [1.807, 2.05) is 6.92 Å². The highest BCUT2D eigenvalue weighted by atomic mass is 16.7. The minimum Gasteiger partial charge on any atom is -0.434 e. The molecular weight excluding hydrogens is 300 g/mol. The Morgan fingerprint density at radius 1 is 0.833 bits per heavy atom. The van der Waals surface area contributed by atoms with Crippen molar-refractivity contribution in [2.45, 2.75) is 103 Å². The van der Waals surface area contributed by atoms with Gasteiger partial charge >= 0.3 is 6.16 Å². The van der Waals surface area contributed by atoms with Crippen LogP contribution in [0.15, 0.2) is 0 Å². The Morgan fingerprint density at radius 3 is 2.04 bits per heavy atom. The molecule has 3 heteroatoms. The molecule has 0 heterocycles. The molecule has 0 atom stereocenters. The number of hydrogen-bond donors (Lipinski definition) is 0. The van der Waals surface area contributed by atoms with Crippen LogP contribution in [0, 0.1) is 17.8 Å². The number of hydrogen-bond acceptors (Lipinski definition) is 3. The average Bonchev–Trinajstić information content (AvgIpc) is 2.61. The number of unbranched alkanes of at least 4 members (excludes halogenated alkanes) is 2. The van der Waals surface area contributed by atoms with Crippen molar-refractivity contribution >= 4 is 6.16 Å². The molecule has 2 aliphatic carbocycles. The summed E-state index contributed by atoms with van der Waals surface area (Å²) >= 11 is 0. The van der Waals surface area contributed by atoms with Gasteiger partial charge in [-0.05, 0) is 62.7 Å². The van der Waals surface area contributed by atoms with Crippen molar-refractivity contribution in [3.05, 3.63) is 0 Å². The van der Waals surface area contributed by atoms with Crippen LogP contribution in [0.25, 0.3) is 0 Å². The predicted octanol–water partition coefficient (Wildman–Crippen LogP) is 6.50. The van der Waals surface area contributed by atoms with E-state index in [1.54, 1.807) is 0 Å². The van der Waals surface area contributed by atoms with E-state index in [9.17, 15) is 4.79 Å². The van der Waals surface area contributed by atoms with Crippen molar-refractivity contribution in [1.82, 2.24) is 0 Å². The van der Waals surface area contributed by atoms with E-state index in [4.69, 9.17) is 9.47 Å². The van der Waals surface area contributed by atoms with E-state index >= 15 is 0 Å². The number of carbonyl (C=O) groups is 1. The Labute approximate surface area is 148 Å². The maximum Gasteiger partial charge on any atom is 0.508 e. The van der Waals surface area contributed by atoms with E-state index in [1.165, 1.54) is 64.2 Å². The summed E-state index contributed by atoms with van der Waals surface area (Å²) in [4.78, 5) is 11.6. The lowest BCUT2D eigenvalue weighted by atomic mass is 9.70. The van der Waals surface area contributed by atoms with Crippen LogP contribution in [0.2, 0.25) is 0 Å². The fraction of sp³-hybridized carbons (Fsp3) is 0.952. The topological polar surface area (TPSA) is 35.5 Å². The van der Waals surface area contributed by atoms with Gasteiger partial charge in [-0.25, -0.2) is 4.79 Å². The lowest BCUT2D eigenvalue weighted by Gasteiger charge is -2.37. The highest BCUT2D eigenvalue weighted by molar-refractivity contribution is 5.60. The van der Waals surface area contributed by atoms with Gasteiger partial charge in [-0.2, -0.15) is 0 Å². The van der Waals surface area contributed by atoms with Gasteiger partial charge in [-0.1, -0.05) is 52.4 Å². The largest absolute Gasteiger partial charge is 0.508 e. The molecule has 0 bridgehead atoms. The van der Waals surface area contributed by atoms with Gasteiger partial charge in [0.25, 0.3) is 0 Å². The molecule has 0 saturated heterocycles. The van der Waals surface area contributed by atoms with Crippen molar-refractivity contribution < 1.29 is 14.3 Å². The van der Waals surface area contributed by atoms with Gasteiger partial charge in [-0.3, -0.25) is 0 Å². The van der Waals surface area contributed by atoms with E-state index in [0.29, 0.717) is 6.61 Å². The molecule has 0 amide bonds. The van der Waals surface area contributed by atoms with Crippen molar-refractivity contribution in [2.75, 3.05) is 6.61 Å². The SMILES string of the molecule is CCCCC[C@H]1CC[C@H]([C@H]2CC[C@H](OC(=O)OCCC)CC2)CC1. The molecule has 0 aromatic heterocycles. The summed E-state index contributed by atoms with van der Waals surface area (Å²) in [6, 6.07) is 0. The van der Waals surface area contributed by atoms with E-state index < -0.39 is 6.16 Å². The van der Waals surface area contributed by atoms with Gasteiger partial charge < -0.3 is 9.47 Å². The quantitative estimate of drug-likeness (QED) is 0.374. The van der Waals surface area contributed by atoms with Crippen molar-refractivity contribution in [2.24, 2.45) is 17.8 Å². The summed E-state index contributed by atoms with van der Waals surface area (Å²) in [5.74, 6) is 2.80. The third-order valence-electron chi connectivity index (χ3n) is 6.18. The Balaban J connectivity index is 1.60. The summed E-state index contributed by atoms with van der Waals surface area (Å²) in [7, 11) is 0. The number of rotatable bonds is 8.